The summed E-state index contributed by atoms with van der Waals surface area (Å²) < 4.78 is 5.43. The number of non-ortho nitro benzene ring substituents is 1. The Bertz CT molecular complexity index is 897. The molecule has 1 aliphatic rings. The third kappa shape index (κ3) is 4.58. The molecule has 1 fully saturated rings. The minimum absolute atomic E-state index is 0.0350. The van der Waals surface area contributed by atoms with Crippen LogP contribution in [0.25, 0.3) is 0 Å². The summed E-state index contributed by atoms with van der Waals surface area (Å²) >= 11 is 6.02. The molecular formula is C19H18ClN3O5. The molecule has 0 aliphatic carbocycles. The number of ether oxygens (including phenoxy) is 1. The van der Waals surface area contributed by atoms with Crippen LogP contribution in [-0.2, 0) is 4.79 Å². The first-order chi connectivity index (χ1) is 13.5. The molecule has 0 N–H and O–H groups in total. The molecule has 2 aromatic rings. The van der Waals surface area contributed by atoms with Gasteiger partial charge in [0.2, 0.25) is 0 Å². The lowest BCUT2D eigenvalue weighted by atomic mass is 10.2. The molecule has 1 aliphatic heterocycles. The molecule has 146 valence electrons. The molecule has 0 aromatic heterocycles. The Hall–Kier alpha value is -3.13. The minimum Gasteiger partial charge on any atom is -0.483 e. The van der Waals surface area contributed by atoms with Crippen LogP contribution in [0.3, 0.4) is 0 Å². The van der Waals surface area contributed by atoms with E-state index in [0.29, 0.717) is 37.5 Å². The smallest absolute Gasteiger partial charge is 0.270 e. The number of nitro groups is 1. The van der Waals surface area contributed by atoms with Crippen molar-refractivity contribution in [1.29, 1.82) is 0 Å². The van der Waals surface area contributed by atoms with Gasteiger partial charge in [0.15, 0.2) is 12.9 Å². The summed E-state index contributed by atoms with van der Waals surface area (Å²) in [6.07, 6.45) is 0.469. The van der Waals surface area contributed by atoms with Gasteiger partial charge in [0.05, 0.1) is 10.5 Å². The Morgan fingerprint density at radius 2 is 1.93 bits per heavy atom. The molecule has 8 nitrogen and oxygen atoms in total. The van der Waals surface area contributed by atoms with Gasteiger partial charge in [-0.1, -0.05) is 17.7 Å². The van der Waals surface area contributed by atoms with Crippen LogP contribution in [0.1, 0.15) is 10.4 Å². The van der Waals surface area contributed by atoms with E-state index in [0.717, 1.165) is 11.8 Å². The molecule has 1 saturated heterocycles. The number of nitro benzene ring substituents is 1. The number of aldehydes is 1. The van der Waals surface area contributed by atoms with Crippen molar-refractivity contribution in [1.82, 2.24) is 4.90 Å². The van der Waals surface area contributed by atoms with E-state index < -0.39 is 4.92 Å². The lowest BCUT2D eigenvalue weighted by Crippen LogP contribution is -2.50. The van der Waals surface area contributed by atoms with Crippen LogP contribution in [0.4, 0.5) is 11.4 Å². The largest absolute Gasteiger partial charge is 0.483 e. The summed E-state index contributed by atoms with van der Waals surface area (Å²) in [5, 5.41) is 11.4. The number of rotatable bonds is 6. The van der Waals surface area contributed by atoms with Gasteiger partial charge in [0, 0.05) is 49.0 Å². The summed E-state index contributed by atoms with van der Waals surface area (Å²) in [7, 11) is 0. The summed E-state index contributed by atoms with van der Waals surface area (Å²) in [4.78, 5) is 37.6. The lowest BCUT2D eigenvalue weighted by Gasteiger charge is -2.36. The minimum atomic E-state index is -0.596. The van der Waals surface area contributed by atoms with E-state index in [1.165, 1.54) is 12.1 Å². The topological polar surface area (TPSA) is 93.0 Å². The van der Waals surface area contributed by atoms with Crippen LogP contribution >= 0.6 is 11.6 Å². The highest BCUT2D eigenvalue weighted by atomic mass is 35.5. The Balaban J connectivity index is 1.55. The summed E-state index contributed by atoms with van der Waals surface area (Å²) in [5.74, 6) is -0.0625. The fraction of sp³-hybridized carbons (Fsp3) is 0.263. The number of halogens is 1. The standard InChI is InChI=1S/C19H18ClN3O5/c20-15-2-1-3-16(11-15)21-6-8-22(9-7-21)19(25)13-28-18-5-4-17(23(26)27)10-14(18)12-24/h1-5,10-12H,6-9,13H2. The highest BCUT2D eigenvalue weighted by Crippen LogP contribution is 2.23. The van der Waals surface area contributed by atoms with Gasteiger partial charge in [-0.05, 0) is 24.3 Å². The van der Waals surface area contributed by atoms with Crippen molar-refractivity contribution >= 4 is 35.2 Å². The molecule has 0 radical (unpaired) electrons. The maximum absolute atomic E-state index is 12.4. The number of carbonyl (C=O) groups is 2. The zero-order chi connectivity index (χ0) is 20.1. The van der Waals surface area contributed by atoms with Crippen molar-refractivity contribution in [2.24, 2.45) is 0 Å². The average Bonchev–Trinajstić information content (AvgIpc) is 2.72. The van der Waals surface area contributed by atoms with Crippen molar-refractivity contribution < 1.29 is 19.2 Å². The third-order valence-corrected chi connectivity index (χ3v) is 4.72. The maximum atomic E-state index is 12.4. The molecule has 0 saturated carbocycles. The van der Waals surface area contributed by atoms with E-state index in [2.05, 4.69) is 4.90 Å². The fourth-order valence-electron chi connectivity index (χ4n) is 2.99. The van der Waals surface area contributed by atoms with E-state index in [9.17, 15) is 19.7 Å². The van der Waals surface area contributed by atoms with E-state index in [1.807, 2.05) is 24.3 Å². The summed E-state index contributed by atoms with van der Waals surface area (Å²) in [5.41, 5.74) is 0.836. The first kappa shape index (κ1) is 19.6. The predicted octanol–water partition coefficient (Wildman–Crippen LogP) is 2.79. The Morgan fingerprint density at radius 1 is 1.18 bits per heavy atom. The second kappa shape index (κ2) is 8.71. The molecule has 0 bridgehead atoms. The molecule has 9 heteroatoms. The van der Waals surface area contributed by atoms with Gasteiger partial charge in [-0.15, -0.1) is 0 Å². The van der Waals surface area contributed by atoms with Crippen molar-refractivity contribution in [2.75, 3.05) is 37.7 Å². The number of benzene rings is 2. The number of piperazine rings is 1. The van der Waals surface area contributed by atoms with E-state index in [-0.39, 0.29) is 29.5 Å². The van der Waals surface area contributed by atoms with Gasteiger partial charge in [-0.3, -0.25) is 19.7 Å². The first-order valence-corrected chi connectivity index (χ1v) is 9.00. The predicted molar refractivity (Wildman–Crippen MR) is 104 cm³/mol. The van der Waals surface area contributed by atoms with Crippen molar-refractivity contribution in [3.63, 3.8) is 0 Å². The highest BCUT2D eigenvalue weighted by molar-refractivity contribution is 6.30. The summed E-state index contributed by atoms with van der Waals surface area (Å²) in [6.45, 7) is 2.17. The summed E-state index contributed by atoms with van der Waals surface area (Å²) in [6, 6.07) is 11.2. The van der Waals surface area contributed by atoms with Gasteiger partial charge in [0.1, 0.15) is 5.75 Å². The van der Waals surface area contributed by atoms with Crippen molar-refractivity contribution in [3.8, 4) is 5.75 Å². The third-order valence-electron chi connectivity index (χ3n) is 4.49. The molecule has 1 heterocycles. The second-order valence-electron chi connectivity index (χ2n) is 6.23. The number of carbonyl (C=O) groups excluding carboxylic acids is 2. The molecule has 0 spiro atoms. The van der Waals surface area contributed by atoms with Crippen LogP contribution in [0.2, 0.25) is 5.02 Å². The molecule has 28 heavy (non-hydrogen) atoms. The average molecular weight is 404 g/mol. The van der Waals surface area contributed by atoms with E-state index in [1.54, 1.807) is 4.90 Å². The molecule has 0 atom stereocenters. The normalized spacial score (nSPS) is 13.9. The highest BCUT2D eigenvalue weighted by Gasteiger charge is 2.22. The zero-order valence-electron chi connectivity index (χ0n) is 14.9. The fourth-order valence-corrected chi connectivity index (χ4v) is 3.18. The Labute approximate surface area is 166 Å². The molecule has 1 amide bonds. The number of nitrogens with zero attached hydrogens (tertiary/aromatic N) is 3. The quantitative estimate of drug-likeness (QED) is 0.418. The SMILES string of the molecule is O=Cc1cc([N+](=O)[O-])ccc1OCC(=O)N1CCN(c2cccc(Cl)c2)CC1. The monoisotopic (exact) mass is 403 g/mol. The number of hydrogen-bond acceptors (Lipinski definition) is 6. The molecule has 0 unspecified atom stereocenters. The number of hydrogen-bond donors (Lipinski definition) is 0. The van der Waals surface area contributed by atoms with E-state index in [4.69, 9.17) is 16.3 Å². The van der Waals surface area contributed by atoms with Crippen LogP contribution < -0.4 is 9.64 Å². The molecule has 2 aromatic carbocycles. The Kier molecular flexibility index (Phi) is 6.10. The zero-order valence-corrected chi connectivity index (χ0v) is 15.7. The van der Waals surface area contributed by atoms with Crippen LogP contribution in [0.15, 0.2) is 42.5 Å². The second-order valence-corrected chi connectivity index (χ2v) is 6.67. The van der Waals surface area contributed by atoms with Gasteiger partial charge in [-0.25, -0.2) is 0 Å². The lowest BCUT2D eigenvalue weighted by molar-refractivity contribution is -0.384. The van der Waals surface area contributed by atoms with Gasteiger partial charge < -0.3 is 14.5 Å². The van der Waals surface area contributed by atoms with Crippen LogP contribution in [0, 0.1) is 10.1 Å². The number of amides is 1. The van der Waals surface area contributed by atoms with Crippen molar-refractivity contribution in [3.05, 3.63) is 63.2 Å². The first-order valence-electron chi connectivity index (χ1n) is 8.62. The van der Waals surface area contributed by atoms with Gasteiger partial charge in [0.25, 0.3) is 11.6 Å². The van der Waals surface area contributed by atoms with Crippen LogP contribution in [0.5, 0.6) is 5.75 Å². The maximum Gasteiger partial charge on any atom is 0.270 e. The van der Waals surface area contributed by atoms with Gasteiger partial charge >= 0.3 is 0 Å². The van der Waals surface area contributed by atoms with Crippen molar-refractivity contribution in [2.45, 2.75) is 0 Å². The van der Waals surface area contributed by atoms with Gasteiger partial charge in [-0.2, -0.15) is 0 Å². The molecular weight excluding hydrogens is 386 g/mol. The van der Waals surface area contributed by atoms with E-state index >= 15 is 0 Å². The van der Waals surface area contributed by atoms with Crippen LogP contribution in [-0.4, -0.2) is 54.8 Å². The number of anilines is 1. The molecule has 3 rings (SSSR count). The Morgan fingerprint density at radius 3 is 2.57 bits per heavy atom.